The van der Waals surface area contributed by atoms with Crippen molar-refractivity contribution in [2.75, 3.05) is 19.6 Å². The molecule has 1 heterocycles. The van der Waals surface area contributed by atoms with Gasteiger partial charge in [-0.3, -0.25) is 9.69 Å². The van der Waals surface area contributed by atoms with E-state index in [0.717, 1.165) is 31.3 Å². The topological polar surface area (TPSA) is 32.3 Å². The van der Waals surface area contributed by atoms with Crippen LogP contribution < -0.4 is 5.32 Å². The summed E-state index contributed by atoms with van der Waals surface area (Å²) < 4.78 is 26.0. The Kier molecular flexibility index (Phi) is 5.06. The summed E-state index contributed by atoms with van der Waals surface area (Å²) in [6.07, 6.45) is 3.63. The van der Waals surface area contributed by atoms with Gasteiger partial charge in [-0.1, -0.05) is 6.42 Å². The number of hydrogen-bond acceptors (Lipinski definition) is 2. The quantitative estimate of drug-likeness (QED) is 0.920. The van der Waals surface area contributed by atoms with Crippen LogP contribution in [0, 0.1) is 11.6 Å². The van der Waals surface area contributed by atoms with Crippen LogP contribution in [0.25, 0.3) is 0 Å². The third-order valence-corrected chi connectivity index (χ3v) is 3.75. The third kappa shape index (κ3) is 4.00. The van der Waals surface area contributed by atoms with Gasteiger partial charge in [0.1, 0.15) is 11.6 Å². The number of likely N-dealkylation sites (tertiary alicyclic amines) is 1. The van der Waals surface area contributed by atoms with E-state index in [4.69, 9.17) is 0 Å². The molecule has 1 aliphatic rings. The SMILES string of the molecule is C[C@H]1CCCCN1CCNC(=O)c1cc(F)cc(F)c1. The molecular formula is C15H20F2N2O. The predicted octanol–water partition coefficient (Wildman–Crippen LogP) is 2.57. The highest BCUT2D eigenvalue weighted by molar-refractivity contribution is 5.94. The lowest BCUT2D eigenvalue weighted by Crippen LogP contribution is -2.42. The molecule has 1 amide bonds. The first-order valence-electron chi connectivity index (χ1n) is 7.04. The first-order valence-corrected chi connectivity index (χ1v) is 7.04. The van der Waals surface area contributed by atoms with Crippen LogP contribution in [0.1, 0.15) is 36.5 Å². The maximum Gasteiger partial charge on any atom is 0.251 e. The molecule has 0 saturated carbocycles. The molecule has 5 heteroatoms. The molecule has 2 rings (SSSR count). The Hall–Kier alpha value is -1.49. The minimum Gasteiger partial charge on any atom is -0.351 e. The van der Waals surface area contributed by atoms with Gasteiger partial charge in [-0.05, 0) is 38.4 Å². The lowest BCUT2D eigenvalue weighted by atomic mass is 10.0. The molecule has 0 aromatic heterocycles. The van der Waals surface area contributed by atoms with Crippen molar-refractivity contribution < 1.29 is 13.6 Å². The molecule has 1 saturated heterocycles. The Bertz CT molecular complexity index is 459. The van der Waals surface area contributed by atoms with E-state index in [1.807, 2.05) is 0 Å². The van der Waals surface area contributed by atoms with Crippen molar-refractivity contribution in [3.05, 3.63) is 35.4 Å². The normalized spacial score (nSPS) is 19.9. The molecule has 0 radical (unpaired) electrons. The zero-order valence-electron chi connectivity index (χ0n) is 11.7. The summed E-state index contributed by atoms with van der Waals surface area (Å²) in [6.45, 7) is 4.49. The largest absolute Gasteiger partial charge is 0.351 e. The van der Waals surface area contributed by atoms with Gasteiger partial charge in [-0.15, -0.1) is 0 Å². The number of rotatable bonds is 4. The molecule has 0 bridgehead atoms. The van der Waals surface area contributed by atoms with Crippen LogP contribution in [-0.2, 0) is 0 Å². The summed E-state index contributed by atoms with van der Waals surface area (Å²) in [5.74, 6) is -1.91. The fraction of sp³-hybridized carbons (Fsp3) is 0.533. The zero-order valence-corrected chi connectivity index (χ0v) is 11.7. The van der Waals surface area contributed by atoms with Gasteiger partial charge in [0.15, 0.2) is 0 Å². The highest BCUT2D eigenvalue weighted by Crippen LogP contribution is 2.15. The van der Waals surface area contributed by atoms with Crippen molar-refractivity contribution in [2.24, 2.45) is 0 Å². The van der Waals surface area contributed by atoms with E-state index in [9.17, 15) is 13.6 Å². The number of benzene rings is 1. The van der Waals surface area contributed by atoms with E-state index in [0.29, 0.717) is 12.6 Å². The highest BCUT2D eigenvalue weighted by atomic mass is 19.1. The maximum absolute atomic E-state index is 13.0. The number of carbonyl (C=O) groups excluding carboxylic acids is 1. The van der Waals surface area contributed by atoms with Crippen molar-refractivity contribution >= 4 is 5.91 Å². The summed E-state index contributed by atoms with van der Waals surface area (Å²) in [6, 6.07) is 3.38. The van der Waals surface area contributed by atoms with Crippen LogP contribution in [0.15, 0.2) is 18.2 Å². The molecule has 0 spiro atoms. The summed E-state index contributed by atoms with van der Waals surface area (Å²) in [5.41, 5.74) is 0.0224. The van der Waals surface area contributed by atoms with Gasteiger partial charge in [0, 0.05) is 30.8 Å². The Morgan fingerprint density at radius 3 is 2.65 bits per heavy atom. The van der Waals surface area contributed by atoms with Crippen molar-refractivity contribution in [3.63, 3.8) is 0 Å². The molecular weight excluding hydrogens is 262 g/mol. The molecule has 1 N–H and O–H groups in total. The zero-order chi connectivity index (χ0) is 14.5. The molecule has 0 unspecified atom stereocenters. The van der Waals surface area contributed by atoms with Gasteiger partial charge in [0.2, 0.25) is 0 Å². The third-order valence-electron chi connectivity index (χ3n) is 3.75. The van der Waals surface area contributed by atoms with Gasteiger partial charge in [-0.2, -0.15) is 0 Å². The summed E-state index contributed by atoms with van der Waals surface area (Å²) in [4.78, 5) is 14.1. The summed E-state index contributed by atoms with van der Waals surface area (Å²) >= 11 is 0. The van der Waals surface area contributed by atoms with Crippen molar-refractivity contribution in [3.8, 4) is 0 Å². The number of nitrogens with zero attached hydrogens (tertiary/aromatic N) is 1. The standard InChI is InChI=1S/C15H20F2N2O/c1-11-4-2-3-6-19(11)7-5-18-15(20)12-8-13(16)10-14(17)9-12/h8-11H,2-7H2,1H3,(H,18,20)/t11-/m0/s1. The predicted molar refractivity (Wildman–Crippen MR) is 73.6 cm³/mol. The molecule has 3 nitrogen and oxygen atoms in total. The first kappa shape index (κ1) is 14.9. The second kappa shape index (κ2) is 6.79. The number of nitrogens with one attached hydrogen (secondary N) is 1. The molecule has 20 heavy (non-hydrogen) atoms. The van der Waals surface area contributed by atoms with Gasteiger partial charge in [0.05, 0.1) is 0 Å². The van der Waals surface area contributed by atoms with Crippen LogP contribution in [-0.4, -0.2) is 36.5 Å². The molecule has 110 valence electrons. The average molecular weight is 282 g/mol. The minimum absolute atomic E-state index is 0.0224. The highest BCUT2D eigenvalue weighted by Gasteiger charge is 2.17. The fourth-order valence-electron chi connectivity index (χ4n) is 2.59. The van der Waals surface area contributed by atoms with E-state index in [-0.39, 0.29) is 5.56 Å². The Morgan fingerprint density at radius 1 is 1.30 bits per heavy atom. The molecule has 1 aromatic rings. The number of carbonyl (C=O) groups is 1. The van der Waals surface area contributed by atoms with Gasteiger partial charge >= 0.3 is 0 Å². The molecule has 1 aliphatic heterocycles. The van der Waals surface area contributed by atoms with Gasteiger partial charge in [-0.25, -0.2) is 8.78 Å². The first-order chi connectivity index (χ1) is 9.56. The lowest BCUT2D eigenvalue weighted by Gasteiger charge is -2.33. The smallest absolute Gasteiger partial charge is 0.251 e. The monoisotopic (exact) mass is 282 g/mol. The molecule has 1 aromatic carbocycles. The minimum atomic E-state index is -0.736. The fourth-order valence-corrected chi connectivity index (χ4v) is 2.59. The summed E-state index contributed by atoms with van der Waals surface area (Å²) in [5, 5.41) is 2.71. The Balaban J connectivity index is 1.82. The second-order valence-electron chi connectivity index (χ2n) is 5.29. The van der Waals surface area contributed by atoms with E-state index in [2.05, 4.69) is 17.1 Å². The van der Waals surface area contributed by atoms with Crippen molar-refractivity contribution in [2.45, 2.75) is 32.2 Å². The number of amides is 1. The van der Waals surface area contributed by atoms with Crippen LogP contribution in [0.4, 0.5) is 8.78 Å². The molecule has 1 fully saturated rings. The van der Waals surface area contributed by atoms with Crippen molar-refractivity contribution in [1.29, 1.82) is 0 Å². The van der Waals surface area contributed by atoms with E-state index >= 15 is 0 Å². The van der Waals surface area contributed by atoms with Crippen molar-refractivity contribution in [1.82, 2.24) is 10.2 Å². The average Bonchev–Trinajstić information content (AvgIpc) is 2.39. The second-order valence-corrected chi connectivity index (χ2v) is 5.29. The van der Waals surface area contributed by atoms with Gasteiger partial charge < -0.3 is 5.32 Å². The van der Waals surface area contributed by atoms with Crippen LogP contribution in [0.2, 0.25) is 0 Å². The number of piperidine rings is 1. The summed E-state index contributed by atoms with van der Waals surface area (Å²) in [7, 11) is 0. The Labute approximate surface area is 118 Å². The van der Waals surface area contributed by atoms with E-state index in [1.54, 1.807) is 0 Å². The van der Waals surface area contributed by atoms with Crippen LogP contribution in [0.5, 0.6) is 0 Å². The lowest BCUT2D eigenvalue weighted by molar-refractivity contribution is 0.0937. The van der Waals surface area contributed by atoms with Gasteiger partial charge in [0.25, 0.3) is 5.91 Å². The van der Waals surface area contributed by atoms with E-state index < -0.39 is 17.5 Å². The number of hydrogen-bond donors (Lipinski definition) is 1. The van der Waals surface area contributed by atoms with Crippen LogP contribution in [0.3, 0.4) is 0 Å². The van der Waals surface area contributed by atoms with E-state index in [1.165, 1.54) is 19.3 Å². The molecule has 1 atom stereocenters. The maximum atomic E-state index is 13.0. The molecule has 0 aliphatic carbocycles. The number of halogens is 2. The van der Waals surface area contributed by atoms with Crippen LogP contribution >= 0.6 is 0 Å². The Morgan fingerprint density at radius 2 is 2.00 bits per heavy atom.